The molecule has 0 unspecified atom stereocenters. The van der Waals surface area contributed by atoms with Gasteiger partial charge in [-0.2, -0.15) is 0 Å². The van der Waals surface area contributed by atoms with E-state index in [-0.39, 0.29) is 11.8 Å². The van der Waals surface area contributed by atoms with Gasteiger partial charge in [-0.05, 0) is 62.0 Å². The van der Waals surface area contributed by atoms with E-state index < -0.39 is 0 Å². The van der Waals surface area contributed by atoms with Crippen LogP contribution in [0.15, 0.2) is 23.8 Å². The summed E-state index contributed by atoms with van der Waals surface area (Å²) in [6.07, 6.45) is 7.34. The maximum absolute atomic E-state index is 12.7. The van der Waals surface area contributed by atoms with Crippen molar-refractivity contribution >= 4 is 17.9 Å². The highest BCUT2D eigenvalue weighted by atomic mass is 16.5. The lowest BCUT2D eigenvalue weighted by Crippen LogP contribution is -2.39. The highest BCUT2D eigenvalue weighted by molar-refractivity contribution is 6.10. The molecule has 1 aliphatic carbocycles. The summed E-state index contributed by atoms with van der Waals surface area (Å²) in [4.78, 5) is 25.9. The van der Waals surface area contributed by atoms with Crippen molar-refractivity contribution in [3.8, 4) is 5.75 Å². The molecule has 1 heterocycles. The highest BCUT2D eigenvalue weighted by Crippen LogP contribution is 2.36. The van der Waals surface area contributed by atoms with Gasteiger partial charge in [0.25, 0.3) is 11.8 Å². The van der Waals surface area contributed by atoms with Crippen LogP contribution in [0.1, 0.15) is 35.1 Å². The number of methoxy groups -OCH3 is 1. The number of ether oxygens (including phenoxy) is 1. The van der Waals surface area contributed by atoms with Gasteiger partial charge in [-0.15, -0.1) is 0 Å². The van der Waals surface area contributed by atoms with Crippen molar-refractivity contribution in [2.45, 2.75) is 33.1 Å². The second-order valence-corrected chi connectivity index (χ2v) is 6.08. The molecule has 0 fully saturated rings. The Kier molecular flexibility index (Phi) is 4.07. The second kappa shape index (κ2) is 6.03. The molecule has 0 saturated heterocycles. The Labute approximate surface area is 136 Å². The normalized spacial score (nSPS) is 16.9. The maximum Gasteiger partial charge on any atom is 0.256 e. The van der Waals surface area contributed by atoms with Gasteiger partial charge >= 0.3 is 0 Å². The summed E-state index contributed by atoms with van der Waals surface area (Å²) in [6.45, 7) is 4.56. The number of benzene rings is 1. The number of hydrogen-bond acceptors (Lipinski definition) is 3. The molecule has 1 aliphatic heterocycles. The van der Waals surface area contributed by atoms with Gasteiger partial charge < -0.3 is 4.74 Å². The fourth-order valence-electron chi connectivity index (χ4n) is 3.28. The van der Waals surface area contributed by atoms with Gasteiger partial charge in [0, 0.05) is 17.7 Å². The molecular weight excluding hydrogens is 290 g/mol. The first kappa shape index (κ1) is 15.5. The SMILES string of the molecule is COc1c(C)c(C)cc2c1CCC(C(=O)N1CCC=CC1=O)=C2. The van der Waals surface area contributed by atoms with E-state index in [0.717, 1.165) is 40.8 Å². The van der Waals surface area contributed by atoms with Crippen molar-refractivity contribution in [1.29, 1.82) is 0 Å². The number of hydrogen-bond donors (Lipinski definition) is 0. The van der Waals surface area contributed by atoms with E-state index >= 15 is 0 Å². The van der Waals surface area contributed by atoms with Gasteiger partial charge in [0.1, 0.15) is 5.75 Å². The third-order valence-electron chi connectivity index (χ3n) is 4.67. The van der Waals surface area contributed by atoms with Crippen molar-refractivity contribution in [3.05, 3.63) is 46.0 Å². The third-order valence-corrected chi connectivity index (χ3v) is 4.67. The summed E-state index contributed by atoms with van der Waals surface area (Å²) in [5, 5.41) is 0. The molecule has 0 saturated carbocycles. The van der Waals surface area contributed by atoms with Crippen LogP contribution in [0, 0.1) is 13.8 Å². The fraction of sp³-hybridized carbons (Fsp3) is 0.368. The Hall–Kier alpha value is -2.36. The van der Waals surface area contributed by atoms with E-state index in [2.05, 4.69) is 13.0 Å². The molecule has 0 radical (unpaired) electrons. The molecule has 120 valence electrons. The molecule has 0 bridgehead atoms. The van der Waals surface area contributed by atoms with E-state index in [4.69, 9.17) is 4.74 Å². The summed E-state index contributed by atoms with van der Waals surface area (Å²) < 4.78 is 5.57. The molecule has 2 aliphatic rings. The summed E-state index contributed by atoms with van der Waals surface area (Å²) >= 11 is 0. The molecule has 4 nitrogen and oxygen atoms in total. The van der Waals surface area contributed by atoms with E-state index in [9.17, 15) is 9.59 Å². The number of imide groups is 1. The largest absolute Gasteiger partial charge is 0.496 e. The minimum Gasteiger partial charge on any atom is -0.496 e. The van der Waals surface area contributed by atoms with Crippen LogP contribution in [0.25, 0.3) is 6.08 Å². The van der Waals surface area contributed by atoms with Gasteiger partial charge in [0.15, 0.2) is 0 Å². The molecular formula is C19H21NO3. The number of amides is 2. The topological polar surface area (TPSA) is 46.6 Å². The van der Waals surface area contributed by atoms with Crippen molar-refractivity contribution in [2.75, 3.05) is 13.7 Å². The van der Waals surface area contributed by atoms with Crippen molar-refractivity contribution < 1.29 is 14.3 Å². The zero-order valence-electron chi connectivity index (χ0n) is 13.8. The van der Waals surface area contributed by atoms with Gasteiger partial charge in [0.05, 0.1) is 7.11 Å². The molecule has 0 aromatic heterocycles. The van der Waals surface area contributed by atoms with Crippen LogP contribution in [-0.2, 0) is 16.0 Å². The lowest BCUT2D eigenvalue weighted by molar-refractivity contribution is -0.139. The number of carbonyl (C=O) groups excluding carboxylic acids is 2. The summed E-state index contributed by atoms with van der Waals surface area (Å²) in [6, 6.07) is 2.09. The van der Waals surface area contributed by atoms with E-state index in [1.54, 1.807) is 7.11 Å². The second-order valence-electron chi connectivity index (χ2n) is 6.08. The first-order valence-corrected chi connectivity index (χ1v) is 7.93. The minimum absolute atomic E-state index is 0.165. The van der Waals surface area contributed by atoms with Crippen LogP contribution >= 0.6 is 0 Å². The number of rotatable bonds is 2. The average Bonchev–Trinajstić information content (AvgIpc) is 2.55. The summed E-state index contributed by atoms with van der Waals surface area (Å²) in [7, 11) is 1.69. The van der Waals surface area contributed by atoms with Crippen LogP contribution in [0.4, 0.5) is 0 Å². The van der Waals surface area contributed by atoms with Gasteiger partial charge in [-0.25, -0.2) is 0 Å². The molecule has 0 spiro atoms. The molecule has 3 rings (SSSR count). The summed E-state index contributed by atoms with van der Waals surface area (Å²) in [5.41, 5.74) is 5.16. The predicted molar refractivity (Wildman–Crippen MR) is 89.2 cm³/mol. The molecule has 1 aromatic carbocycles. The van der Waals surface area contributed by atoms with Crippen molar-refractivity contribution in [2.24, 2.45) is 0 Å². The van der Waals surface area contributed by atoms with Crippen LogP contribution in [-0.4, -0.2) is 30.4 Å². The standard InChI is InChI=1S/C19H21NO3/c1-12-10-15-11-14(7-8-16(15)18(23-3)13(12)2)19(22)20-9-5-4-6-17(20)21/h4,6,10-11H,5,7-9H2,1-3H3. The first-order valence-electron chi connectivity index (χ1n) is 7.93. The lowest BCUT2D eigenvalue weighted by Gasteiger charge is -2.26. The Morgan fingerprint density at radius 1 is 1.26 bits per heavy atom. The molecule has 4 heteroatoms. The number of fused-ring (bicyclic) bond motifs is 1. The van der Waals surface area contributed by atoms with Gasteiger partial charge in [0.2, 0.25) is 0 Å². The molecule has 2 amide bonds. The zero-order valence-corrected chi connectivity index (χ0v) is 13.8. The maximum atomic E-state index is 12.7. The number of carbonyl (C=O) groups is 2. The van der Waals surface area contributed by atoms with E-state index in [1.807, 2.05) is 19.1 Å². The average molecular weight is 311 g/mol. The molecule has 23 heavy (non-hydrogen) atoms. The number of aryl methyl sites for hydroxylation is 1. The van der Waals surface area contributed by atoms with Crippen LogP contribution in [0.2, 0.25) is 0 Å². The quantitative estimate of drug-likeness (QED) is 0.789. The predicted octanol–water partition coefficient (Wildman–Crippen LogP) is 2.96. The van der Waals surface area contributed by atoms with Crippen molar-refractivity contribution in [1.82, 2.24) is 4.90 Å². The van der Waals surface area contributed by atoms with Crippen LogP contribution < -0.4 is 4.74 Å². The Morgan fingerprint density at radius 3 is 2.74 bits per heavy atom. The Bertz CT molecular complexity index is 743. The first-order chi connectivity index (χ1) is 11.0. The summed E-state index contributed by atoms with van der Waals surface area (Å²) in [5.74, 6) is 0.535. The van der Waals surface area contributed by atoms with Gasteiger partial charge in [-0.3, -0.25) is 14.5 Å². The highest BCUT2D eigenvalue weighted by Gasteiger charge is 2.27. The Balaban J connectivity index is 1.97. The van der Waals surface area contributed by atoms with E-state index in [0.29, 0.717) is 18.5 Å². The number of nitrogens with zero attached hydrogens (tertiary/aromatic N) is 1. The smallest absolute Gasteiger partial charge is 0.256 e. The van der Waals surface area contributed by atoms with Crippen LogP contribution in [0.5, 0.6) is 5.75 Å². The fourth-order valence-corrected chi connectivity index (χ4v) is 3.28. The third kappa shape index (κ3) is 2.69. The molecule has 0 N–H and O–H groups in total. The van der Waals surface area contributed by atoms with Gasteiger partial charge in [-0.1, -0.05) is 12.1 Å². The van der Waals surface area contributed by atoms with Crippen LogP contribution in [0.3, 0.4) is 0 Å². The minimum atomic E-state index is -0.217. The Morgan fingerprint density at radius 2 is 2.04 bits per heavy atom. The monoisotopic (exact) mass is 311 g/mol. The zero-order chi connectivity index (χ0) is 16.6. The lowest BCUT2D eigenvalue weighted by atomic mass is 9.87. The van der Waals surface area contributed by atoms with Crippen molar-refractivity contribution in [3.63, 3.8) is 0 Å². The molecule has 1 aromatic rings. The molecule has 0 atom stereocenters. The van der Waals surface area contributed by atoms with E-state index in [1.165, 1.54) is 11.0 Å².